The third-order valence-corrected chi connectivity index (χ3v) is 2.05. The van der Waals surface area contributed by atoms with Gasteiger partial charge in [-0.05, 0) is 19.1 Å². The lowest BCUT2D eigenvalue weighted by Gasteiger charge is -2.12. The third kappa shape index (κ3) is 4.67. The van der Waals surface area contributed by atoms with Gasteiger partial charge in [-0.2, -0.15) is 0 Å². The van der Waals surface area contributed by atoms with Gasteiger partial charge in [0.2, 0.25) is 0 Å². The third-order valence-electron chi connectivity index (χ3n) is 2.05. The van der Waals surface area contributed by atoms with E-state index >= 15 is 0 Å². The second-order valence-electron chi connectivity index (χ2n) is 3.67. The molecule has 0 aromatic carbocycles. The molecule has 1 heterocycles. The first-order chi connectivity index (χ1) is 7.38. The standard InChI is InChI=1S/C10H15F3N2O/c1-8(14)7-9-3-2-4-15(9)5-6-16-10(11,12)13/h2-4,8H,5-7,14H2,1H3. The van der Waals surface area contributed by atoms with Crippen molar-refractivity contribution in [1.29, 1.82) is 0 Å². The summed E-state index contributed by atoms with van der Waals surface area (Å²) >= 11 is 0. The zero-order valence-corrected chi connectivity index (χ0v) is 9.00. The molecule has 0 aliphatic carbocycles. The number of alkyl halides is 3. The number of halogens is 3. The van der Waals surface area contributed by atoms with E-state index in [1.165, 1.54) is 0 Å². The average Bonchev–Trinajstić information content (AvgIpc) is 2.49. The van der Waals surface area contributed by atoms with Crippen molar-refractivity contribution < 1.29 is 17.9 Å². The van der Waals surface area contributed by atoms with Crippen LogP contribution in [0.4, 0.5) is 13.2 Å². The van der Waals surface area contributed by atoms with Crippen molar-refractivity contribution in [2.75, 3.05) is 6.61 Å². The van der Waals surface area contributed by atoms with Gasteiger partial charge in [-0.1, -0.05) is 0 Å². The maximum atomic E-state index is 11.7. The lowest BCUT2D eigenvalue weighted by atomic mass is 10.2. The Hall–Kier alpha value is -1.01. The quantitative estimate of drug-likeness (QED) is 0.848. The Bertz CT molecular complexity index is 320. The van der Waals surface area contributed by atoms with Crippen LogP contribution in [0.25, 0.3) is 0 Å². The molecule has 1 unspecified atom stereocenters. The molecule has 2 N–H and O–H groups in total. The van der Waals surface area contributed by atoms with E-state index in [2.05, 4.69) is 4.74 Å². The molecule has 0 fully saturated rings. The smallest absolute Gasteiger partial charge is 0.349 e. The van der Waals surface area contributed by atoms with Crippen molar-refractivity contribution in [3.63, 3.8) is 0 Å². The van der Waals surface area contributed by atoms with Gasteiger partial charge < -0.3 is 10.3 Å². The molecule has 1 atom stereocenters. The molecule has 16 heavy (non-hydrogen) atoms. The predicted molar refractivity (Wildman–Crippen MR) is 53.8 cm³/mol. The molecule has 0 aliphatic rings. The van der Waals surface area contributed by atoms with Crippen LogP contribution in [-0.2, 0) is 17.7 Å². The minimum Gasteiger partial charge on any atom is -0.349 e. The molecule has 0 spiro atoms. The molecule has 0 radical (unpaired) electrons. The van der Waals surface area contributed by atoms with Crippen molar-refractivity contribution in [1.82, 2.24) is 4.57 Å². The molecule has 0 amide bonds. The summed E-state index contributed by atoms with van der Waals surface area (Å²) < 4.78 is 40.7. The van der Waals surface area contributed by atoms with E-state index in [0.29, 0.717) is 6.42 Å². The minimum absolute atomic E-state index is 0.0165. The van der Waals surface area contributed by atoms with Gasteiger partial charge in [-0.3, -0.25) is 4.74 Å². The summed E-state index contributed by atoms with van der Waals surface area (Å²) in [6, 6.07) is 3.61. The Balaban J connectivity index is 2.45. The van der Waals surface area contributed by atoms with Gasteiger partial charge in [-0.25, -0.2) is 0 Å². The van der Waals surface area contributed by atoms with Gasteiger partial charge in [0, 0.05) is 30.9 Å². The van der Waals surface area contributed by atoms with E-state index in [4.69, 9.17) is 5.73 Å². The van der Waals surface area contributed by atoms with Crippen LogP contribution >= 0.6 is 0 Å². The van der Waals surface area contributed by atoms with Crippen LogP contribution in [0.15, 0.2) is 18.3 Å². The summed E-state index contributed by atoms with van der Waals surface area (Å²) in [6.45, 7) is 1.64. The number of ether oxygens (including phenoxy) is 1. The number of rotatable bonds is 5. The number of nitrogens with two attached hydrogens (primary N) is 1. The predicted octanol–water partition coefficient (Wildman–Crippen LogP) is 1.91. The van der Waals surface area contributed by atoms with Crippen LogP contribution in [0.5, 0.6) is 0 Å². The van der Waals surface area contributed by atoms with E-state index in [-0.39, 0.29) is 19.2 Å². The molecule has 3 nitrogen and oxygen atoms in total. The molecule has 0 saturated heterocycles. The van der Waals surface area contributed by atoms with Gasteiger partial charge in [-0.15, -0.1) is 13.2 Å². The molecule has 0 bridgehead atoms. The van der Waals surface area contributed by atoms with Crippen LogP contribution in [-0.4, -0.2) is 23.6 Å². The Kier molecular flexibility index (Phi) is 4.37. The molecule has 1 aromatic rings. The molecule has 0 aliphatic heterocycles. The summed E-state index contributed by atoms with van der Waals surface area (Å²) in [5, 5.41) is 0. The van der Waals surface area contributed by atoms with Crippen LogP contribution in [0.2, 0.25) is 0 Å². The highest BCUT2D eigenvalue weighted by Crippen LogP contribution is 2.16. The maximum Gasteiger partial charge on any atom is 0.522 e. The van der Waals surface area contributed by atoms with Crippen molar-refractivity contribution in [3.8, 4) is 0 Å². The zero-order chi connectivity index (χ0) is 12.2. The van der Waals surface area contributed by atoms with Crippen LogP contribution < -0.4 is 5.73 Å². The highest BCUT2D eigenvalue weighted by atomic mass is 19.4. The average molecular weight is 236 g/mol. The molecular weight excluding hydrogens is 221 g/mol. The first kappa shape index (κ1) is 13.1. The summed E-state index contributed by atoms with van der Waals surface area (Å²) in [5.74, 6) is 0. The second kappa shape index (κ2) is 5.36. The Labute approximate surface area is 92.0 Å². The van der Waals surface area contributed by atoms with Crippen LogP contribution in [0.3, 0.4) is 0 Å². The van der Waals surface area contributed by atoms with E-state index in [9.17, 15) is 13.2 Å². The van der Waals surface area contributed by atoms with Gasteiger partial charge in [0.05, 0.1) is 6.61 Å². The van der Waals surface area contributed by atoms with E-state index in [0.717, 1.165) is 5.69 Å². The molecule has 0 saturated carbocycles. The molecule has 1 rings (SSSR count). The van der Waals surface area contributed by atoms with E-state index < -0.39 is 6.36 Å². The topological polar surface area (TPSA) is 40.2 Å². The zero-order valence-electron chi connectivity index (χ0n) is 9.00. The van der Waals surface area contributed by atoms with Crippen molar-refractivity contribution in [3.05, 3.63) is 24.0 Å². The lowest BCUT2D eigenvalue weighted by Crippen LogP contribution is -2.22. The number of nitrogens with zero attached hydrogens (tertiary/aromatic N) is 1. The molecule has 92 valence electrons. The van der Waals surface area contributed by atoms with Crippen LogP contribution in [0, 0.1) is 0 Å². The number of hydrogen-bond donors (Lipinski definition) is 1. The van der Waals surface area contributed by atoms with Crippen LogP contribution in [0.1, 0.15) is 12.6 Å². The molecular formula is C10H15F3N2O. The fourth-order valence-corrected chi connectivity index (χ4v) is 1.44. The summed E-state index contributed by atoms with van der Waals surface area (Å²) in [7, 11) is 0. The largest absolute Gasteiger partial charge is 0.522 e. The first-order valence-corrected chi connectivity index (χ1v) is 4.99. The van der Waals surface area contributed by atoms with Crippen molar-refractivity contribution in [2.45, 2.75) is 32.3 Å². The van der Waals surface area contributed by atoms with Gasteiger partial charge in [0.25, 0.3) is 0 Å². The van der Waals surface area contributed by atoms with E-state index in [1.807, 2.05) is 13.0 Å². The Morgan fingerprint density at radius 1 is 1.50 bits per heavy atom. The normalized spacial score (nSPS) is 14.1. The first-order valence-electron chi connectivity index (χ1n) is 4.99. The van der Waals surface area contributed by atoms with Crippen molar-refractivity contribution >= 4 is 0 Å². The molecule has 1 aromatic heterocycles. The fourth-order valence-electron chi connectivity index (χ4n) is 1.44. The van der Waals surface area contributed by atoms with Gasteiger partial charge in [0.1, 0.15) is 0 Å². The highest BCUT2D eigenvalue weighted by molar-refractivity contribution is 5.08. The Morgan fingerprint density at radius 2 is 2.19 bits per heavy atom. The lowest BCUT2D eigenvalue weighted by molar-refractivity contribution is -0.325. The molecule has 6 heteroatoms. The minimum atomic E-state index is -4.56. The van der Waals surface area contributed by atoms with Gasteiger partial charge in [0.15, 0.2) is 0 Å². The number of aromatic nitrogens is 1. The maximum absolute atomic E-state index is 11.7. The monoisotopic (exact) mass is 236 g/mol. The second-order valence-corrected chi connectivity index (χ2v) is 3.67. The summed E-state index contributed by atoms with van der Waals surface area (Å²) in [4.78, 5) is 0. The highest BCUT2D eigenvalue weighted by Gasteiger charge is 2.28. The SMILES string of the molecule is CC(N)Cc1cccn1CCOC(F)(F)F. The Morgan fingerprint density at radius 3 is 2.75 bits per heavy atom. The summed E-state index contributed by atoms with van der Waals surface area (Å²) in [5.41, 5.74) is 6.54. The number of hydrogen-bond acceptors (Lipinski definition) is 2. The van der Waals surface area contributed by atoms with E-state index in [1.54, 1.807) is 16.8 Å². The van der Waals surface area contributed by atoms with Gasteiger partial charge >= 0.3 is 6.36 Å². The van der Waals surface area contributed by atoms with Crippen molar-refractivity contribution in [2.24, 2.45) is 5.73 Å². The fraction of sp³-hybridized carbons (Fsp3) is 0.600. The summed E-state index contributed by atoms with van der Waals surface area (Å²) in [6.07, 6.45) is -2.20.